The number of hydrogen-bond acceptors (Lipinski definition) is 5. The Morgan fingerprint density at radius 3 is 2.92 bits per heavy atom. The number of carbonyl (C=O) groups excluding carboxylic acids is 1. The number of rotatable bonds is 6. The molecule has 1 amide bonds. The third-order valence-electron chi connectivity index (χ3n) is 5.07. The Morgan fingerprint density at radius 2 is 2.27 bits per heavy atom. The van der Waals surface area contributed by atoms with Crippen molar-refractivity contribution >= 4 is 5.91 Å². The minimum atomic E-state index is -0.615. The Bertz CT molecular complexity index is 802. The van der Waals surface area contributed by atoms with Gasteiger partial charge in [-0.1, -0.05) is 0 Å². The highest BCUT2D eigenvalue weighted by Gasteiger charge is 2.42. The zero-order chi connectivity index (χ0) is 17.8. The summed E-state index contributed by atoms with van der Waals surface area (Å²) in [6.45, 7) is 2.89. The second kappa shape index (κ2) is 7.17. The summed E-state index contributed by atoms with van der Waals surface area (Å²) in [4.78, 5) is 19.6. The van der Waals surface area contributed by atoms with Crippen molar-refractivity contribution in [3.05, 3.63) is 60.8 Å². The van der Waals surface area contributed by atoms with Crippen LogP contribution in [-0.4, -0.2) is 43.6 Å². The van der Waals surface area contributed by atoms with E-state index in [0.717, 1.165) is 43.8 Å². The fraction of sp³-hybridized carbons (Fsp3) is 0.389. The zero-order valence-electron chi connectivity index (χ0n) is 14.5. The fourth-order valence-electron chi connectivity index (χ4n) is 3.56. The minimum absolute atomic E-state index is 0.00913. The number of hydrogen-bond donors (Lipinski definition) is 2. The summed E-state index contributed by atoms with van der Waals surface area (Å²) >= 11 is 0. The largest absolute Gasteiger partial charge is 0.467 e. The molecule has 26 heavy (non-hydrogen) atoms. The van der Waals surface area contributed by atoms with Crippen LogP contribution in [0.15, 0.2) is 53.9 Å². The molecular weight excluding hydrogens is 332 g/mol. The zero-order valence-corrected chi connectivity index (χ0v) is 14.5. The smallest absolute Gasteiger partial charge is 0.246 e. The highest BCUT2D eigenvalue weighted by molar-refractivity contribution is 5.84. The van der Waals surface area contributed by atoms with Crippen LogP contribution in [0.25, 0.3) is 0 Å². The van der Waals surface area contributed by atoms with Gasteiger partial charge in [0.2, 0.25) is 5.91 Å². The number of piperidine rings is 1. The summed E-state index contributed by atoms with van der Waals surface area (Å²) in [5, 5.41) is 9.87. The van der Waals surface area contributed by atoms with Crippen molar-refractivity contribution in [1.29, 1.82) is 0 Å². The summed E-state index contributed by atoms with van der Waals surface area (Å²) in [7, 11) is 0. The van der Waals surface area contributed by atoms with Crippen LogP contribution in [0.5, 0.6) is 0 Å². The van der Waals surface area contributed by atoms with Gasteiger partial charge in [-0.25, -0.2) is 4.98 Å². The molecule has 1 aliphatic heterocycles. The summed E-state index contributed by atoms with van der Waals surface area (Å²) in [6, 6.07) is 3.68. The predicted molar refractivity (Wildman–Crippen MR) is 93.9 cm³/mol. The molecule has 0 atom stereocenters. The van der Waals surface area contributed by atoms with Crippen LogP contribution < -0.4 is 5.32 Å². The molecule has 0 unspecified atom stereocenters. The van der Waals surface area contributed by atoms with Gasteiger partial charge in [-0.05, 0) is 25.0 Å². The Balaban J connectivity index is 1.46. The number of nitrogens with one attached hydrogen (secondary N) is 2. The van der Waals surface area contributed by atoms with E-state index in [4.69, 9.17) is 4.42 Å². The van der Waals surface area contributed by atoms with Crippen molar-refractivity contribution in [2.24, 2.45) is 0 Å². The standard InChI is InChI=1S/C18H22N6O2/c25-17(20-12-16-2-1-9-26-16)18(24-8-5-19-14-24)3-6-23(7-4-18)13-15-10-21-22-11-15/h1-2,5,8-11,14H,3-4,6-7,12-13H2,(H,20,25)(H,21,22). The van der Waals surface area contributed by atoms with Crippen LogP contribution in [0.4, 0.5) is 0 Å². The lowest BCUT2D eigenvalue weighted by atomic mass is 9.86. The maximum absolute atomic E-state index is 13.1. The van der Waals surface area contributed by atoms with E-state index < -0.39 is 5.54 Å². The van der Waals surface area contributed by atoms with Crippen LogP contribution in [0.2, 0.25) is 0 Å². The number of nitrogens with zero attached hydrogens (tertiary/aromatic N) is 4. The quantitative estimate of drug-likeness (QED) is 0.700. The van der Waals surface area contributed by atoms with E-state index in [0.29, 0.717) is 6.54 Å². The van der Waals surface area contributed by atoms with Crippen molar-refractivity contribution in [3.8, 4) is 0 Å². The molecule has 0 bridgehead atoms. The molecule has 0 spiro atoms. The first kappa shape index (κ1) is 16.6. The van der Waals surface area contributed by atoms with Crippen LogP contribution in [-0.2, 0) is 23.4 Å². The second-order valence-electron chi connectivity index (χ2n) is 6.65. The van der Waals surface area contributed by atoms with E-state index in [9.17, 15) is 4.79 Å². The van der Waals surface area contributed by atoms with Gasteiger partial charge in [-0.15, -0.1) is 0 Å². The van der Waals surface area contributed by atoms with E-state index in [1.807, 2.05) is 35.3 Å². The maximum Gasteiger partial charge on any atom is 0.246 e. The minimum Gasteiger partial charge on any atom is -0.467 e. The van der Waals surface area contributed by atoms with Crippen molar-refractivity contribution in [1.82, 2.24) is 30.0 Å². The molecule has 3 aromatic rings. The highest BCUT2D eigenvalue weighted by Crippen LogP contribution is 2.31. The number of furan rings is 1. The summed E-state index contributed by atoms with van der Waals surface area (Å²) in [6.07, 6.45) is 12.1. The van der Waals surface area contributed by atoms with Gasteiger partial charge in [0.25, 0.3) is 0 Å². The molecule has 0 saturated carbocycles. The number of imidazole rings is 1. The van der Waals surface area contributed by atoms with Crippen LogP contribution in [0.1, 0.15) is 24.2 Å². The Kier molecular flexibility index (Phi) is 4.57. The molecule has 3 aromatic heterocycles. The van der Waals surface area contributed by atoms with Gasteiger partial charge < -0.3 is 14.3 Å². The van der Waals surface area contributed by atoms with Crippen LogP contribution in [0.3, 0.4) is 0 Å². The molecule has 1 fully saturated rings. The van der Waals surface area contributed by atoms with E-state index in [1.165, 1.54) is 0 Å². The number of H-pyrrole nitrogens is 1. The second-order valence-corrected chi connectivity index (χ2v) is 6.65. The average Bonchev–Trinajstić information content (AvgIpc) is 3.43. The highest BCUT2D eigenvalue weighted by atomic mass is 16.3. The van der Waals surface area contributed by atoms with E-state index >= 15 is 0 Å². The molecule has 0 aliphatic carbocycles. The number of amides is 1. The number of carbonyl (C=O) groups is 1. The first-order chi connectivity index (χ1) is 12.8. The Hall–Kier alpha value is -2.87. The first-order valence-corrected chi connectivity index (χ1v) is 8.75. The monoisotopic (exact) mass is 354 g/mol. The number of aromatic nitrogens is 4. The molecule has 8 nitrogen and oxygen atoms in total. The van der Waals surface area contributed by atoms with E-state index in [2.05, 4.69) is 25.4 Å². The van der Waals surface area contributed by atoms with Crippen molar-refractivity contribution in [3.63, 3.8) is 0 Å². The van der Waals surface area contributed by atoms with E-state index in [1.54, 1.807) is 18.8 Å². The van der Waals surface area contributed by atoms with Gasteiger partial charge in [0, 0.05) is 43.8 Å². The average molecular weight is 354 g/mol. The SMILES string of the molecule is O=C(NCc1ccco1)C1(n2ccnc2)CCN(Cc2cn[nH]c2)CC1. The summed E-state index contributed by atoms with van der Waals surface area (Å²) in [5.74, 6) is 0.756. The van der Waals surface area contributed by atoms with Crippen molar-refractivity contribution in [2.75, 3.05) is 13.1 Å². The van der Waals surface area contributed by atoms with Gasteiger partial charge >= 0.3 is 0 Å². The van der Waals surface area contributed by atoms with E-state index in [-0.39, 0.29) is 5.91 Å². The number of aromatic amines is 1. The summed E-state index contributed by atoms with van der Waals surface area (Å²) in [5.41, 5.74) is 0.540. The predicted octanol–water partition coefficient (Wildman–Crippen LogP) is 1.51. The molecule has 0 aromatic carbocycles. The van der Waals surface area contributed by atoms with Gasteiger partial charge in [-0.3, -0.25) is 14.8 Å². The van der Waals surface area contributed by atoms with Gasteiger partial charge in [0.15, 0.2) is 0 Å². The van der Waals surface area contributed by atoms with Crippen LogP contribution >= 0.6 is 0 Å². The first-order valence-electron chi connectivity index (χ1n) is 8.75. The number of likely N-dealkylation sites (tertiary alicyclic amines) is 1. The lowest BCUT2D eigenvalue weighted by Gasteiger charge is -2.41. The molecule has 4 rings (SSSR count). The third kappa shape index (κ3) is 3.28. The van der Waals surface area contributed by atoms with Gasteiger partial charge in [0.05, 0.1) is 25.3 Å². The Morgan fingerprint density at radius 1 is 1.38 bits per heavy atom. The third-order valence-corrected chi connectivity index (χ3v) is 5.07. The lowest BCUT2D eigenvalue weighted by molar-refractivity contribution is -0.133. The fourth-order valence-corrected chi connectivity index (χ4v) is 3.56. The van der Waals surface area contributed by atoms with Crippen LogP contribution in [0, 0.1) is 0 Å². The van der Waals surface area contributed by atoms with Gasteiger partial charge in [0.1, 0.15) is 11.3 Å². The topological polar surface area (TPSA) is 92.0 Å². The lowest BCUT2D eigenvalue weighted by Crippen LogP contribution is -2.54. The molecule has 136 valence electrons. The van der Waals surface area contributed by atoms with Gasteiger partial charge in [-0.2, -0.15) is 5.10 Å². The van der Waals surface area contributed by atoms with Crippen molar-refractivity contribution in [2.45, 2.75) is 31.5 Å². The maximum atomic E-state index is 13.1. The molecule has 4 heterocycles. The molecule has 8 heteroatoms. The molecule has 0 radical (unpaired) electrons. The van der Waals surface area contributed by atoms with Crippen molar-refractivity contribution < 1.29 is 9.21 Å². The molecule has 1 aliphatic rings. The normalized spacial score (nSPS) is 17.2. The summed E-state index contributed by atoms with van der Waals surface area (Å²) < 4.78 is 7.26. The molecule has 1 saturated heterocycles. The molecule has 2 N–H and O–H groups in total. The molecular formula is C18H22N6O2. The Labute approximate surface area is 151 Å².